The van der Waals surface area contributed by atoms with Gasteiger partial charge in [0.2, 0.25) is 0 Å². The molecule has 0 atom stereocenters. The molecule has 0 aliphatic heterocycles. The minimum atomic E-state index is 0.300. The number of hydrogen-bond donors (Lipinski definition) is 0. The smallest absolute Gasteiger partial charge is 0.164 e. The molecule has 0 fully saturated rings. The number of rotatable bonds is 3. The highest BCUT2D eigenvalue weighted by Gasteiger charge is 2.13. The van der Waals surface area contributed by atoms with E-state index >= 15 is 0 Å². The quantitative estimate of drug-likeness (QED) is 0.663. The van der Waals surface area contributed by atoms with Crippen molar-refractivity contribution in [2.45, 2.75) is 12.3 Å². The Morgan fingerprint density at radius 3 is 2.71 bits per heavy atom. The Bertz CT molecular complexity index is 833. The van der Waals surface area contributed by atoms with Crippen molar-refractivity contribution in [2.75, 3.05) is 0 Å². The lowest BCUT2D eigenvalue weighted by molar-refractivity contribution is 0.968. The van der Waals surface area contributed by atoms with E-state index in [0.29, 0.717) is 12.3 Å². The molecule has 0 saturated heterocycles. The van der Waals surface area contributed by atoms with Crippen LogP contribution in [0.3, 0.4) is 0 Å². The lowest BCUT2D eigenvalue weighted by Crippen LogP contribution is -2.00. The van der Waals surface area contributed by atoms with Gasteiger partial charge in [0, 0.05) is 16.4 Å². The van der Waals surface area contributed by atoms with Gasteiger partial charge in [0.1, 0.15) is 11.3 Å². The van der Waals surface area contributed by atoms with Gasteiger partial charge in [-0.1, -0.05) is 12.1 Å². The number of fused-ring (bicyclic) bond motifs is 1. The van der Waals surface area contributed by atoms with E-state index in [-0.39, 0.29) is 0 Å². The monoisotopic (exact) mass is 360 g/mol. The number of hydrogen-bond acceptors (Lipinski definition) is 3. The number of nitrogens with zero attached hydrogens (tertiary/aromatic N) is 4. The van der Waals surface area contributed by atoms with Crippen LogP contribution in [0.4, 0.5) is 0 Å². The molecule has 1 aromatic carbocycles. The van der Waals surface area contributed by atoms with E-state index in [9.17, 15) is 0 Å². The first-order chi connectivity index (χ1) is 10.2. The maximum absolute atomic E-state index is 8.73. The number of halogens is 2. The molecule has 3 rings (SSSR count). The summed E-state index contributed by atoms with van der Waals surface area (Å²) in [5.41, 5.74) is 3.47. The predicted molar refractivity (Wildman–Crippen MR) is 85.4 cm³/mol. The maximum atomic E-state index is 8.73. The fourth-order valence-corrected chi connectivity index (χ4v) is 2.70. The summed E-state index contributed by atoms with van der Waals surface area (Å²) >= 11 is 9.40. The average molecular weight is 362 g/mol. The van der Waals surface area contributed by atoms with Crippen molar-refractivity contribution in [1.29, 1.82) is 5.26 Å². The largest absolute Gasteiger partial charge is 0.280 e. The zero-order valence-electron chi connectivity index (χ0n) is 10.9. The first-order valence-electron chi connectivity index (χ1n) is 6.28. The van der Waals surface area contributed by atoms with E-state index in [1.807, 2.05) is 34.9 Å². The zero-order valence-corrected chi connectivity index (χ0v) is 13.3. The fourth-order valence-electron chi connectivity index (χ4n) is 2.20. The van der Waals surface area contributed by atoms with Crippen molar-refractivity contribution < 1.29 is 0 Å². The molecule has 0 amide bonds. The van der Waals surface area contributed by atoms with Crippen molar-refractivity contribution in [3.05, 3.63) is 52.4 Å². The lowest BCUT2D eigenvalue weighted by Gasteiger charge is -2.07. The Kier molecular flexibility index (Phi) is 3.91. The Morgan fingerprint density at radius 2 is 2.05 bits per heavy atom. The van der Waals surface area contributed by atoms with Crippen LogP contribution in [0.25, 0.3) is 16.9 Å². The summed E-state index contributed by atoms with van der Waals surface area (Å²) in [6.07, 6.45) is 2.14. The summed E-state index contributed by atoms with van der Waals surface area (Å²) in [4.78, 5) is 8.94. The number of alkyl halides is 1. The van der Waals surface area contributed by atoms with Gasteiger partial charge < -0.3 is 0 Å². The molecule has 3 aromatic rings. The Morgan fingerprint density at radius 1 is 1.29 bits per heavy atom. The Balaban J connectivity index is 2.16. The van der Waals surface area contributed by atoms with Gasteiger partial charge in [-0.25, -0.2) is 9.97 Å². The molecule has 104 valence electrons. The summed E-state index contributed by atoms with van der Waals surface area (Å²) in [6, 6.07) is 11.8. The molecule has 0 N–H and O–H groups in total. The van der Waals surface area contributed by atoms with Crippen molar-refractivity contribution in [2.24, 2.45) is 0 Å². The summed E-state index contributed by atoms with van der Waals surface area (Å²) in [7, 11) is 0. The third-order valence-corrected chi connectivity index (χ3v) is 3.80. The highest BCUT2D eigenvalue weighted by molar-refractivity contribution is 9.10. The van der Waals surface area contributed by atoms with E-state index in [2.05, 4.69) is 32.0 Å². The highest BCUT2D eigenvalue weighted by Crippen LogP contribution is 2.23. The van der Waals surface area contributed by atoms with Crippen molar-refractivity contribution in [1.82, 2.24) is 14.5 Å². The molecule has 0 unspecified atom stereocenters. The molecule has 0 saturated carbocycles. The minimum Gasteiger partial charge on any atom is -0.280 e. The molecule has 0 aliphatic rings. The van der Waals surface area contributed by atoms with Crippen molar-refractivity contribution in [3.63, 3.8) is 0 Å². The van der Waals surface area contributed by atoms with E-state index in [0.717, 1.165) is 32.7 Å². The van der Waals surface area contributed by atoms with Crippen LogP contribution in [-0.4, -0.2) is 14.5 Å². The van der Waals surface area contributed by atoms with Gasteiger partial charge in [-0.3, -0.25) is 4.57 Å². The van der Waals surface area contributed by atoms with Crippen molar-refractivity contribution >= 4 is 38.7 Å². The number of imidazole rings is 1. The van der Waals surface area contributed by atoms with Crippen LogP contribution in [0.5, 0.6) is 0 Å². The molecule has 0 spiro atoms. The van der Waals surface area contributed by atoms with Gasteiger partial charge >= 0.3 is 0 Å². The van der Waals surface area contributed by atoms with E-state index in [1.165, 1.54) is 0 Å². The van der Waals surface area contributed by atoms with Gasteiger partial charge in [0.05, 0.1) is 18.4 Å². The topological polar surface area (TPSA) is 54.5 Å². The van der Waals surface area contributed by atoms with Gasteiger partial charge in [-0.2, -0.15) is 5.26 Å². The summed E-state index contributed by atoms with van der Waals surface area (Å²) in [6.45, 7) is 0. The molecule has 0 bridgehead atoms. The molecule has 4 nitrogen and oxygen atoms in total. The van der Waals surface area contributed by atoms with Crippen molar-refractivity contribution in [3.8, 4) is 11.8 Å². The first-order valence-corrected chi connectivity index (χ1v) is 7.61. The standard InChI is InChI=1S/C15H10BrClN4/c16-11-7-13-15(19-9-11)21(14(8-17)20-13)12-3-1-10(2-4-12)5-6-18/h1-4,7,9H,5,8H2. The van der Waals surface area contributed by atoms with E-state index in [4.69, 9.17) is 16.9 Å². The molecule has 21 heavy (non-hydrogen) atoms. The first kappa shape index (κ1) is 14.1. The Hall–Kier alpha value is -1.90. The Labute approximate surface area is 135 Å². The minimum absolute atomic E-state index is 0.300. The number of aromatic nitrogens is 3. The normalized spacial score (nSPS) is 10.7. The highest BCUT2D eigenvalue weighted by atomic mass is 79.9. The third kappa shape index (κ3) is 2.65. The van der Waals surface area contributed by atoms with Crippen LogP contribution < -0.4 is 0 Å². The molecule has 0 radical (unpaired) electrons. The van der Waals surface area contributed by atoms with Crippen LogP contribution >= 0.6 is 27.5 Å². The average Bonchev–Trinajstić information content (AvgIpc) is 2.86. The second-order valence-electron chi connectivity index (χ2n) is 4.49. The van der Waals surface area contributed by atoms with Crippen LogP contribution in [0.1, 0.15) is 11.4 Å². The van der Waals surface area contributed by atoms with Crippen LogP contribution in [0.2, 0.25) is 0 Å². The number of benzene rings is 1. The van der Waals surface area contributed by atoms with E-state index < -0.39 is 0 Å². The van der Waals surface area contributed by atoms with Crippen LogP contribution in [-0.2, 0) is 12.3 Å². The lowest BCUT2D eigenvalue weighted by atomic mass is 10.1. The molecule has 6 heteroatoms. The third-order valence-electron chi connectivity index (χ3n) is 3.13. The number of pyridine rings is 1. The molecule has 2 aromatic heterocycles. The molecular weight excluding hydrogens is 352 g/mol. The second-order valence-corrected chi connectivity index (χ2v) is 5.68. The van der Waals surface area contributed by atoms with Gasteiger partial charge in [0.25, 0.3) is 0 Å². The van der Waals surface area contributed by atoms with Crippen LogP contribution in [0.15, 0.2) is 41.0 Å². The maximum Gasteiger partial charge on any atom is 0.164 e. The SMILES string of the molecule is N#CCc1ccc(-n2c(CCl)nc3cc(Br)cnc32)cc1. The number of nitriles is 1. The van der Waals surface area contributed by atoms with E-state index in [1.54, 1.807) is 6.20 Å². The van der Waals surface area contributed by atoms with Crippen LogP contribution in [0, 0.1) is 11.3 Å². The zero-order chi connectivity index (χ0) is 14.8. The summed E-state index contributed by atoms with van der Waals surface area (Å²) in [5.74, 6) is 1.04. The van der Waals surface area contributed by atoms with Gasteiger partial charge in [-0.15, -0.1) is 11.6 Å². The molecular formula is C15H10BrClN4. The summed E-state index contributed by atoms with van der Waals surface area (Å²) in [5, 5.41) is 8.73. The molecule has 0 aliphatic carbocycles. The fraction of sp³-hybridized carbons (Fsp3) is 0.133. The van der Waals surface area contributed by atoms with Gasteiger partial charge in [0.15, 0.2) is 5.65 Å². The predicted octanol–water partition coefficient (Wildman–Crippen LogP) is 3.99. The second kappa shape index (κ2) is 5.84. The van der Waals surface area contributed by atoms with Gasteiger partial charge in [-0.05, 0) is 39.7 Å². The summed E-state index contributed by atoms with van der Waals surface area (Å²) < 4.78 is 2.82. The molecule has 2 heterocycles.